The van der Waals surface area contributed by atoms with E-state index in [0.717, 1.165) is 5.57 Å². The van der Waals surface area contributed by atoms with Crippen LogP contribution in [0.25, 0.3) is 0 Å². The molecule has 0 saturated heterocycles. The fraction of sp³-hybridized carbons (Fsp3) is 0.500. The first-order valence-electron chi connectivity index (χ1n) is 13.7. The Morgan fingerprint density at radius 2 is 1.56 bits per heavy atom. The number of aliphatic hydroxyl groups is 1. The maximum Gasteiger partial charge on any atom is 0.351 e. The van der Waals surface area contributed by atoms with Gasteiger partial charge in [0.1, 0.15) is 0 Å². The highest BCUT2D eigenvalue weighted by molar-refractivity contribution is 6.99. The smallest absolute Gasteiger partial charge is 0.351 e. The van der Waals surface area contributed by atoms with Crippen molar-refractivity contribution in [3.63, 3.8) is 0 Å². The Kier molecular flexibility index (Phi) is 9.63. The van der Waals surface area contributed by atoms with Gasteiger partial charge in [-0.1, -0.05) is 101 Å². The van der Waals surface area contributed by atoms with Crippen molar-refractivity contribution >= 4 is 30.6 Å². The third-order valence-corrected chi connectivity index (χ3v) is 13.2. The maximum absolute atomic E-state index is 13.3. The molecule has 2 aromatic carbocycles. The summed E-state index contributed by atoms with van der Waals surface area (Å²) >= 11 is 0. The molecule has 3 atom stereocenters. The molecule has 39 heavy (non-hydrogen) atoms. The fourth-order valence-corrected chi connectivity index (χ4v) is 10.8. The second-order valence-electron chi connectivity index (χ2n) is 11.9. The molecule has 1 aliphatic rings. The van der Waals surface area contributed by atoms with Crippen LogP contribution in [0.1, 0.15) is 60.8 Å². The first-order valence-corrected chi connectivity index (χ1v) is 15.6. The predicted molar refractivity (Wildman–Crippen MR) is 156 cm³/mol. The summed E-state index contributed by atoms with van der Waals surface area (Å²) < 4.78 is 18.2. The average Bonchev–Trinajstić information content (AvgIpc) is 2.90. The minimum Gasteiger partial charge on any atom is -0.466 e. The van der Waals surface area contributed by atoms with Gasteiger partial charge in [0.05, 0.1) is 13.7 Å². The molecule has 0 fully saturated rings. The molecule has 0 saturated carbocycles. The Bertz CT molecular complexity index is 1120. The number of benzene rings is 2. The van der Waals surface area contributed by atoms with Crippen LogP contribution in [0.5, 0.6) is 0 Å². The molecule has 0 amide bonds. The third-order valence-electron chi connectivity index (χ3n) is 8.21. The maximum atomic E-state index is 13.3. The topological polar surface area (TPSA) is 82.1 Å². The summed E-state index contributed by atoms with van der Waals surface area (Å²) in [4.78, 5) is 25.5. The van der Waals surface area contributed by atoms with Gasteiger partial charge in [0.2, 0.25) is 5.60 Å². The van der Waals surface area contributed by atoms with Crippen molar-refractivity contribution in [1.82, 2.24) is 0 Å². The number of carbonyl (C=O) groups is 2. The monoisotopic (exact) mass is 552 g/mol. The molecule has 7 heteroatoms. The van der Waals surface area contributed by atoms with E-state index in [1.807, 2.05) is 26.0 Å². The summed E-state index contributed by atoms with van der Waals surface area (Å²) in [5.41, 5.74) is -1.32. The van der Waals surface area contributed by atoms with Crippen molar-refractivity contribution in [2.24, 2.45) is 11.3 Å². The van der Waals surface area contributed by atoms with E-state index in [-0.39, 0.29) is 24.0 Å². The molecule has 0 spiro atoms. The van der Waals surface area contributed by atoms with Crippen molar-refractivity contribution in [3.05, 3.63) is 72.3 Å². The summed E-state index contributed by atoms with van der Waals surface area (Å²) in [6, 6.07) is 21.0. The molecule has 0 radical (unpaired) electrons. The van der Waals surface area contributed by atoms with E-state index in [1.54, 1.807) is 0 Å². The Hall–Kier alpha value is -2.74. The van der Waals surface area contributed by atoms with Gasteiger partial charge in [-0.25, -0.2) is 4.79 Å². The number of methoxy groups -OCH3 is 1. The minimum atomic E-state index is -2.78. The minimum absolute atomic E-state index is 0.0375. The van der Waals surface area contributed by atoms with Crippen LogP contribution >= 0.6 is 0 Å². The Morgan fingerprint density at radius 1 is 1.03 bits per heavy atom. The quantitative estimate of drug-likeness (QED) is 0.260. The molecule has 0 aromatic heterocycles. The zero-order valence-corrected chi connectivity index (χ0v) is 25.5. The SMILES string of the molecule is COC(=O)[C@@]1(OC(C)=O)C[C@H](C)C(CO[Si](c2ccccc2)(c2ccccc2)C(C)(C)C)=C[C@]1(C)CCCO. The van der Waals surface area contributed by atoms with Crippen molar-refractivity contribution in [3.8, 4) is 0 Å². The number of hydrogen-bond donors (Lipinski definition) is 1. The van der Waals surface area contributed by atoms with E-state index in [4.69, 9.17) is 13.9 Å². The molecule has 0 heterocycles. The van der Waals surface area contributed by atoms with E-state index in [9.17, 15) is 14.7 Å². The largest absolute Gasteiger partial charge is 0.466 e. The number of aliphatic hydroxyl groups excluding tert-OH is 1. The van der Waals surface area contributed by atoms with Crippen molar-refractivity contribution in [2.75, 3.05) is 20.3 Å². The predicted octanol–water partition coefficient (Wildman–Crippen LogP) is 4.78. The normalized spacial score (nSPS) is 23.6. The van der Waals surface area contributed by atoms with Crippen LogP contribution in [-0.4, -0.2) is 51.3 Å². The van der Waals surface area contributed by atoms with Gasteiger partial charge in [-0.2, -0.15) is 0 Å². The van der Waals surface area contributed by atoms with Gasteiger partial charge in [-0.15, -0.1) is 0 Å². The number of rotatable bonds is 10. The van der Waals surface area contributed by atoms with Gasteiger partial charge in [0, 0.05) is 25.4 Å². The van der Waals surface area contributed by atoms with Gasteiger partial charge < -0.3 is 19.0 Å². The second-order valence-corrected chi connectivity index (χ2v) is 16.2. The average molecular weight is 553 g/mol. The summed E-state index contributed by atoms with van der Waals surface area (Å²) in [6.45, 7) is 12.3. The third kappa shape index (κ3) is 5.91. The first kappa shape index (κ1) is 30.8. The van der Waals surface area contributed by atoms with E-state index < -0.39 is 31.3 Å². The number of ether oxygens (including phenoxy) is 2. The molecule has 3 rings (SSSR count). The van der Waals surface area contributed by atoms with E-state index in [2.05, 4.69) is 75.4 Å². The van der Waals surface area contributed by atoms with E-state index in [0.29, 0.717) is 19.4 Å². The van der Waals surface area contributed by atoms with Crippen LogP contribution in [0.3, 0.4) is 0 Å². The molecule has 2 aromatic rings. The summed E-state index contributed by atoms with van der Waals surface area (Å²) in [5, 5.41) is 11.9. The summed E-state index contributed by atoms with van der Waals surface area (Å²) in [5.74, 6) is -1.22. The van der Waals surface area contributed by atoms with Gasteiger partial charge in [0.15, 0.2) is 0 Å². The highest BCUT2D eigenvalue weighted by atomic mass is 28.4. The molecule has 1 N–H and O–H groups in total. The number of hydrogen-bond acceptors (Lipinski definition) is 6. The summed E-state index contributed by atoms with van der Waals surface area (Å²) in [6.07, 6.45) is 3.22. The standard InChI is InChI=1S/C32H44O6Si/c1-24-21-32(29(35)36-7,38-25(2)34)31(6,19-14-20-33)22-26(24)23-37-39(30(3,4)5,27-15-10-8-11-16-27)28-17-12-9-13-18-28/h8-13,15-18,22,24,33H,14,19-21,23H2,1-7H3/t24-,31-,32-/m0/s1. The number of carbonyl (C=O) groups excluding carboxylic acids is 2. The Balaban J connectivity index is 2.14. The van der Waals surface area contributed by atoms with E-state index in [1.165, 1.54) is 24.4 Å². The van der Waals surface area contributed by atoms with Gasteiger partial charge in [-0.05, 0) is 39.7 Å². The lowest BCUT2D eigenvalue weighted by atomic mass is 9.61. The van der Waals surface area contributed by atoms with Gasteiger partial charge in [0.25, 0.3) is 8.32 Å². The van der Waals surface area contributed by atoms with Crippen molar-refractivity contribution < 1.29 is 28.6 Å². The lowest BCUT2D eigenvalue weighted by molar-refractivity contribution is -0.197. The van der Waals surface area contributed by atoms with Crippen LogP contribution in [-0.2, 0) is 23.5 Å². The zero-order chi connectivity index (χ0) is 28.9. The Morgan fingerprint density at radius 3 is 2.00 bits per heavy atom. The Labute approximate surface area is 234 Å². The van der Waals surface area contributed by atoms with Gasteiger partial charge >= 0.3 is 11.9 Å². The number of esters is 2. The van der Waals surface area contributed by atoms with Crippen molar-refractivity contribution in [2.45, 2.75) is 71.4 Å². The molecule has 0 bridgehead atoms. The lowest BCUT2D eigenvalue weighted by Crippen LogP contribution is -2.67. The highest BCUT2D eigenvalue weighted by Gasteiger charge is 2.60. The highest BCUT2D eigenvalue weighted by Crippen LogP contribution is 2.51. The van der Waals surface area contributed by atoms with Crippen molar-refractivity contribution in [1.29, 1.82) is 0 Å². The molecule has 212 valence electrons. The first-order chi connectivity index (χ1) is 18.4. The summed E-state index contributed by atoms with van der Waals surface area (Å²) in [7, 11) is -1.47. The van der Waals surface area contributed by atoms with Crippen LogP contribution < -0.4 is 10.4 Å². The van der Waals surface area contributed by atoms with E-state index >= 15 is 0 Å². The second kappa shape index (κ2) is 12.2. The molecular formula is C32H44O6Si. The molecule has 0 unspecified atom stereocenters. The molecule has 6 nitrogen and oxygen atoms in total. The van der Waals surface area contributed by atoms with Crippen LogP contribution in [0.2, 0.25) is 5.04 Å². The van der Waals surface area contributed by atoms with Gasteiger partial charge in [-0.3, -0.25) is 4.79 Å². The zero-order valence-electron chi connectivity index (χ0n) is 24.5. The molecular weight excluding hydrogens is 508 g/mol. The van der Waals surface area contributed by atoms with Crippen LogP contribution in [0, 0.1) is 11.3 Å². The lowest BCUT2D eigenvalue weighted by Gasteiger charge is -2.49. The molecule has 1 aliphatic carbocycles. The fourth-order valence-electron chi connectivity index (χ4n) is 6.25. The molecule has 0 aliphatic heterocycles. The van der Waals surface area contributed by atoms with Crippen LogP contribution in [0.15, 0.2) is 72.3 Å². The van der Waals surface area contributed by atoms with Crippen LogP contribution in [0.4, 0.5) is 0 Å².